The summed E-state index contributed by atoms with van der Waals surface area (Å²) in [4.78, 5) is 0. The summed E-state index contributed by atoms with van der Waals surface area (Å²) < 4.78 is 6.11. The van der Waals surface area contributed by atoms with E-state index < -0.39 is 8.32 Å². The van der Waals surface area contributed by atoms with Crippen LogP contribution < -0.4 is 5.32 Å². The van der Waals surface area contributed by atoms with Gasteiger partial charge in [-0.2, -0.15) is 0 Å². The predicted molar refractivity (Wildman–Crippen MR) is 68.8 cm³/mol. The van der Waals surface area contributed by atoms with E-state index in [0.717, 1.165) is 12.6 Å². The fourth-order valence-corrected chi connectivity index (χ4v) is 2.41. The summed E-state index contributed by atoms with van der Waals surface area (Å²) in [6.45, 7) is 13.8. The zero-order valence-electron chi connectivity index (χ0n) is 11.0. The van der Waals surface area contributed by atoms with Crippen LogP contribution in [-0.2, 0) is 4.43 Å². The Balaban J connectivity index is 2.06. The molecule has 1 heterocycles. The molecule has 0 aliphatic carbocycles. The maximum absolute atomic E-state index is 6.11. The van der Waals surface area contributed by atoms with Gasteiger partial charge in [-0.1, -0.05) is 20.8 Å². The van der Waals surface area contributed by atoms with E-state index in [1.54, 1.807) is 0 Å². The molecule has 0 aromatic heterocycles. The normalized spacial score (nSPS) is 21.8. The quantitative estimate of drug-likeness (QED) is 0.431. The van der Waals surface area contributed by atoms with Crippen molar-refractivity contribution in [1.82, 2.24) is 5.32 Å². The van der Waals surface area contributed by atoms with Crippen molar-refractivity contribution < 1.29 is 4.43 Å². The van der Waals surface area contributed by atoms with Crippen LogP contribution in [0.3, 0.4) is 0 Å². The molecule has 1 fully saturated rings. The van der Waals surface area contributed by atoms with Gasteiger partial charge in [0.25, 0.3) is 0 Å². The van der Waals surface area contributed by atoms with E-state index in [4.69, 9.17) is 4.43 Å². The molecule has 90 valence electrons. The molecule has 0 amide bonds. The summed E-state index contributed by atoms with van der Waals surface area (Å²) in [6.07, 6.45) is 3.87. The fourth-order valence-electron chi connectivity index (χ4n) is 1.32. The second-order valence-corrected chi connectivity index (χ2v) is 11.0. The third-order valence-electron chi connectivity index (χ3n) is 3.71. The van der Waals surface area contributed by atoms with E-state index in [1.165, 1.54) is 25.8 Å². The van der Waals surface area contributed by atoms with E-state index in [1.807, 2.05) is 0 Å². The number of hydrogen-bond donors (Lipinski definition) is 1. The highest BCUT2D eigenvalue weighted by atomic mass is 28.4. The summed E-state index contributed by atoms with van der Waals surface area (Å²) in [5.41, 5.74) is 0. The zero-order chi connectivity index (χ0) is 11.5. The number of unbranched alkanes of at least 4 members (excludes halogenated alkanes) is 1. The Morgan fingerprint density at radius 2 is 1.87 bits per heavy atom. The van der Waals surface area contributed by atoms with Crippen LogP contribution in [0.1, 0.15) is 40.0 Å². The Morgan fingerprint density at radius 3 is 2.33 bits per heavy atom. The minimum atomic E-state index is -1.48. The van der Waals surface area contributed by atoms with Crippen LogP contribution in [0.5, 0.6) is 0 Å². The first-order valence-corrected chi connectivity index (χ1v) is 9.11. The second kappa shape index (κ2) is 4.98. The molecular formula is C12H27NOSi. The molecule has 0 aromatic rings. The molecule has 2 nitrogen and oxygen atoms in total. The SMILES string of the molecule is CC(C)(C)[Si](C)(C)OCCCC[C@H]1CN1. The summed E-state index contributed by atoms with van der Waals surface area (Å²) in [5.74, 6) is 0. The Bertz CT molecular complexity index is 194. The van der Waals surface area contributed by atoms with Gasteiger partial charge in [-0.25, -0.2) is 0 Å². The second-order valence-electron chi connectivity index (χ2n) is 6.21. The van der Waals surface area contributed by atoms with Crippen molar-refractivity contribution in [3.63, 3.8) is 0 Å². The lowest BCUT2D eigenvalue weighted by Crippen LogP contribution is -2.40. The molecule has 1 atom stereocenters. The monoisotopic (exact) mass is 229 g/mol. The predicted octanol–water partition coefficient (Wildman–Crippen LogP) is 3.15. The van der Waals surface area contributed by atoms with Gasteiger partial charge in [0.15, 0.2) is 8.32 Å². The van der Waals surface area contributed by atoms with Gasteiger partial charge >= 0.3 is 0 Å². The zero-order valence-corrected chi connectivity index (χ0v) is 12.0. The molecule has 1 N–H and O–H groups in total. The molecule has 1 rings (SSSR count). The van der Waals surface area contributed by atoms with Gasteiger partial charge in [0.2, 0.25) is 0 Å². The van der Waals surface area contributed by atoms with Gasteiger partial charge in [-0.05, 0) is 37.4 Å². The molecule has 15 heavy (non-hydrogen) atoms. The summed E-state index contributed by atoms with van der Waals surface area (Å²) in [5, 5.41) is 3.69. The van der Waals surface area contributed by atoms with E-state index in [0.29, 0.717) is 5.04 Å². The van der Waals surface area contributed by atoms with E-state index in [2.05, 4.69) is 39.2 Å². The fraction of sp³-hybridized carbons (Fsp3) is 1.00. The maximum Gasteiger partial charge on any atom is 0.191 e. The van der Waals surface area contributed by atoms with E-state index >= 15 is 0 Å². The highest BCUT2D eigenvalue weighted by molar-refractivity contribution is 6.74. The van der Waals surface area contributed by atoms with Crippen LogP contribution in [-0.4, -0.2) is 27.5 Å². The van der Waals surface area contributed by atoms with Crippen molar-refractivity contribution >= 4 is 8.32 Å². The number of nitrogens with one attached hydrogen (secondary N) is 1. The Kier molecular flexibility index (Phi) is 4.38. The van der Waals surface area contributed by atoms with Gasteiger partial charge in [0.1, 0.15) is 0 Å². The van der Waals surface area contributed by atoms with Crippen molar-refractivity contribution in [2.24, 2.45) is 0 Å². The summed E-state index contributed by atoms with van der Waals surface area (Å²) >= 11 is 0. The Morgan fingerprint density at radius 1 is 1.27 bits per heavy atom. The van der Waals surface area contributed by atoms with Crippen molar-refractivity contribution in [3.05, 3.63) is 0 Å². The van der Waals surface area contributed by atoms with Gasteiger partial charge in [0.05, 0.1) is 0 Å². The molecule has 0 saturated carbocycles. The van der Waals surface area contributed by atoms with Gasteiger partial charge < -0.3 is 9.74 Å². The average molecular weight is 229 g/mol. The third-order valence-corrected chi connectivity index (χ3v) is 8.25. The molecule has 0 aromatic carbocycles. The first kappa shape index (κ1) is 13.2. The van der Waals surface area contributed by atoms with E-state index in [9.17, 15) is 0 Å². The molecule has 0 unspecified atom stereocenters. The van der Waals surface area contributed by atoms with Crippen molar-refractivity contribution in [2.45, 2.75) is 64.2 Å². The number of rotatable bonds is 6. The minimum Gasteiger partial charge on any atom is -0.417 e. The van der Waals surface area contributed by atoms with Crippen LogP contribution >= 0.6 is 0 Å². The van der Waals surface area contributed by atoms with Crippen LogP contribution in [0.2, 0.25) is 18.1 Å². The van der Waals surface area contributed by atoms with Gasteiger partial charge in [0, 0.05) is 19.2 Å². The van der Waals surface area contributed by atoms with Gasteiger partial charge in [-0.15, -0.1) is 0 Å². The topological polar surface area (TPSA) is 31.2 Å². The van der Waals surface area contributed by atoms with Crippen LogP contribution in [0, 0.1) is 0 Å². The molecular weight excluding hydrogens is 202 g/mol. The van der Waals surface area contributed by atoms with Gasteiger partial charge in [-0.3, -0.25) is 0 Å². The smallest absolute Gasteiger partial charge is 0.191 e. The molecule has 1 saturated heterocycles. The van der Waals surface area contributed by atoms with Crippen molar-refractivity contribution in [2.75, 3.05) is 13.2 Å². The lowest BCUT2D eigenvalue weighted by molar-refractivity contribution is 0.278. The molecule has 3 heteroatoms. The molecule has 0 radical (unpaired) electrons. The van der Waals surface area contributed by atoms with Crippen LogP contribution in [0.4, 0.5) is 0 Å². The molecule has 1 aliphatic heterocycles. The molecule has 1 aliphatic rings. The average Bonchev–Trinajstić information content (AvgIpc) is 2.85. The highest BCUT2D eigenvalue weighted by Crippen LogP contribution is 2.36. The highest BCUT2D eigenvalue weighted by Gasteiger charge is 2.36. The first-order chi connectivity index (χ1) is 6.83. The lowest BCUT2D eigenvalue weighted by atomic mass is 10.2. The molecule has 0 spiro atoms. The van der Waals surface area contributed by atoms with E-state index in [-0.39, 0.29) is 0 Å². The first-order valence-electron chi connectivity index (χ1n) is 6.20. The Labute approximate surface area is 95.9 Å². The van der Waals surface area contributed by atoms with Crippen molar-refractivity contribution in [3.8, 4) is 0 Å². The largest absolute Gasteiger partial charge is 0.417 e. The number of hydrogen-bond acceptors (Lipinski definition) is 2. The standard InChI is InChI=1S/C12H27NOSi/c1-12(2,3)15(4,5)14-9-7-6-8-11-10-13-11/h11,13H,6-10H2,1-5H3/t11-/m0/s1. The van der Waals surface area contributed by atoms with Crippen LogP contribution in [0.15, 0.2) is 0 Å². The Hall–Kier alpha value is 0.137. The minimum absolute atomic E-state index is 0.352. The lowest BCUT2D eigenvalue weighted by Gasteiger charge is -2.36. The third kappa shape index (κ3) is 4.66. The maximum atomic E-state index is 6.11. The summed E-state index contributed by atoms with van der Waals surface area (Å²) in [6, 6.07) is 0.831. The summed E-state index contributed by atoms with van der Waals surface area (Å²) in [7, 11) is -1.48. The van der Waals surface area contributed by atoms with Crippen molar-refractivity contribution in [1.29, 1.82) is 0 Å². The molecule has 0 bridgehead atoms. The van der Waals surface area contributed by atoms with Crippen LogP contribution in [0.25, 0.3) is 0 Å².